The van der Waals surface area contributed by atoms with Gasteiger partial charge >= 0.3 is 0 Å². The minimum Gasteiger partial charge on any atom is -0.392 e. The van der Waals surface area contributed by atoms with Crippen LogP contribution < -0.4 is 4.72 Å². The Morgan fingerprint density at radius 1 is 1.33 bits per heavy atom. The second-order valence-electron chi connectivity index (χ2n) is 6.30. The predicted molar refractivity (Wildman–Crippen MR) is 83.4 cm³/mol. The maximum Gasteiger partial charge on any atom is 0.240 e. The van der Waals surface area contributed by atoms with Crippen molar-refractivity contribution < 1.29 is 13.5 Å². The molecule has 2 rings (SSSR count). The topological polar surface area (TPSA) is 66.4 Å². The van der Waals surface area contributed by atoms with Crippen molar-refractivity contribution in [3.63, 3.8) is 0 Å². The number of aliphatic hydroxyl groups is 1. The van der Waals surface area contributed by atoms with Crippen LogP contribution in [0.4, 0.5) is 0 Å². The summed E-state index contributed by atoms with van der Waals surface area (Å²) in [4.78, 5) is 0.302. The van der Waals surface area contributed by atoms with Crippen molar-refractivity contribution in [2.75, 3.05) is 6.54 Å². The van der Waals surface area contributed by atoms with Gasteiger partial charge in [0.2, 0.25) is 10.0 Å². The van der Waals surface area contributed by atoms with E-state index in [4.69, 9.17) is 0 Å². The number of aliphatic hydroxyl groups excluding tert-OH is 1. The summed E-state index contributed by atoms with van der Waals surface area (Å²) in [5, 5.41) is 9.22. The molecule has 0 aromatic heterocycles. The van der Waals surface area contributed by atoms with Crippen LogP contribution in [0.2, 0.25) is 0 Å². The highest BCUT2D eigenvalue weighted by Crippen LogP contribution is 2.51. The first-order valence-corrected chi connectivity index (χ1v) is 9.05. The van der Waals surface area contributed by atoms with Crippen LogP contribution in [-0.2, 0) is 23.1 Å². The summed E-state index contributed by atoms with van der Waals surface area (Å²) in [5.41, 5.74) is 1.54. The zero-order valence-electron chi connectivity index (χ0n) is 13.0. The fraction of sp³-hybridized carbons (Fsp3) is 0.625. The number of sulfonamides is 1. The average Bonchev–Trinajstić information content (AvgIpc) is 3.26. The molecular formula is C16H25NO3S. The molecule has 0 amide bonds. The molecule has 0 heterocycles. The molecule has 0 unspecified atom stereocenters. The third-order valence-electron chi connectivity index (χ3n) is 4.72. The Morgan fingerprint density at radius 2 is 2.00 bits per heavy atom. The Hall–Kier alpha value is -0.910. The van der Waals surface area contributed by atoms with E-state index in [1.807, 2.05) is 6.92 Å². The predicted octanol–water partition coefficient (Wildman–Crippen LogP) is 2.46. The van der Waals surface area contributed by atoms with Gasteiger partial charge in [0, 0.05) is 6.54 Å². The molecule has 0 spiro atoms. The van der Waals surface area contributed by atoms with Crippen molar-refractivity contribution in [3.8, 4) is 0 Å². The Morgan fingerprint density at radius 3 is 2.48 bits per heavy atom. The first-order chi connectivity index (χ1) is 9.84. The molecule has 0 radical (unpaired) electrons. The van der Waals surface area contributed by atoms with Crippen LogP contribution in [-0.4, -0.2) is 20.1 Å². The highest BCUT2D eigenvalue weighted by molar-refractivity contribution is 7.89. The Kier molecular flexibility index (Phi) is 4.76. The van der Waals surface area contributed by atoms with E-state index in [1.165, 1.54) is 0 Å². The minimum absolute atomic E-state index is 0.133. The molecule has 118 valence electrons. The highest BCUT2D eigenvalue weighted by Gasteiger charge is 2.45. The molecule has 0 atom stereocenters. The molecule has 21 heavy (non-hydrogen) atoms. The van der Waals surface area contributed by atoms with Crippen LogP contribution >= 0.6 is 0 Å². The molecule has 5 heteroatoms. The second kappa shape index (κ2) is 6.07. The zero-order valence-corrected chi connectivity index (χ0v) is 13.8. The van der Waals surface area contributed by atoms with Crippen molar-refractivity contribution in [2.45, 2.75) is 51.5 Å². The first-order valence-electron chi connectivity index (χ1n) is 7.57. The standard InChI is InChI=1S/C16H25NO3S/c1-4-14-6-5-13(10-18)9-15(14)21(19,20)17-11-16(7-8-16)12(2)3/h5-6,9,12,17-18H,4,7-8,10-11H2,1-3H3. The molecule has 0 bridgehead atoms. The summed E-state index contributed by atoms with van der Waals surface area (Å²) in [6.45, 7) is 6.57. The van der Waals surface area contributed by atoms with Gasteiger partial charge in [-0.25, -0.2) is 13.1 Å². The van der Waals surface area contributed by atoms with E-state index in [0.29, 0.717) is 29.3 Å². The van der Waals surface area contributed by atoms with Gasteiger partial charge in [-0.05, 0) is 47.8 Å². The van der Waals surface area contributed by atoms with Crippen LogP contribution in [0, 0.1) is 11.3 Å². The van der Waals surface area contributed by atoms with Crippen molar-refractivity contribution in [2.24, 2.45) is 11.3 Å². The molecule has 1 aromatic rings. The highest BCUT2D eigenvalue weighted by atomic mass is 32.2. The number of nitrogens with one attached hydrogen (secondary N) is 1. The van der Waals surface area contributed by atoms with Crippen LogP contribution in [0.5, 0.6) is 0 Å². The van der Waals surface area contributed by atoms with Crippen molar-refractivity contribution in [1.82, 2.24) is 4.72 Å². The SMILES string of the molecule is CCc1ccc(CO)cc1S(=O)(=O)NCC1(C(C)C)CC1. The van der Waals surface area contributed by atoms with E-state index in [2.05, 4.69) is 18.6 Å². The normalized spacial score (nSPS) is 17.2. The maximum atomic E-state index is 12.6. The molecular weight excluding hydrogens is 286 g/mol. The summed E-state index contributed by atoms with van der Waals surface area (Å²) < 4.78 is 27.9. The minimum atomic E-state index is -3.52. The monoisotopic (exact) mass is 311 g/mol. The van der Waals surface area contributed by atoms with Crippen LogP contribution in [0.3, 0.4) is 0 Å². The summed E-state index contributed by atoms with van der Waals surface area (Å²) in [6.07, 6.45) is 2.83. The van der Waals surface area contributed by atoms with E-state index in [0.717, 1.165) is 18.4 Å². The van der Waals surface area contributed by atoms with Crippen LogP contribution in [0.1, 0.15) is 44.7 Å². The fourth-order valence-corrected chi connectivity index (χ4v) is 4.17. The molecule has 1 aliphatic carbocycles. The van der Waals surface area contributed by atoms with E-state index >= 15 is 0 Å². The van der Waals surface area contributed by atoms with Gasteiger partial charge in [-0.3, -0.25) is 0 Å². The lowest BCUT2D eigenvalue weighted by molar-refractivity contribution is 0.281. The molecule has 0 saturated heterocycles. The third-order valence-corrected chi connectivity index (χ3v) is 6.20. The van der Waals surface area contributed by atoms with E-state index in [1.54, 1.807) is 18.2 Å². The Balaban J connectivity index is 2.23. The quantitative estimate of drug-likeness (QED) is 0.813. The summed E-state index contributed by atoms with van der Waals surface area (Å²) in [7, 11) is -3.52. The van der Waals surface area contributed by atoms with Gasteiger partial charge in [0.05, 0.1) is 11.5 Å². The average molecular weight is 311 g/mol. The van der Waals surface area contributed by atoms with E-state index in [-0.39, 0.29) is 12.0 Å². The number of hydrogen-bond donors (Lipinski definition) is 2. The number of rotatable bonds is 7. The lowest BCUT2D eigenvalue weighted by Gasteiger charge is -2.20. The van der Waals surface area contributed by atoms with Gasteiger partial charge in [-0.1, -0.05) is 32.9 Å². The molecule has 4 nitrogen and oxygen atoms in total. The van der Waals surface area contributed by atoms with Crippen molar-refractivity contribution >= 4 is 10.0 Å². The van der Waals surface area contributed by atoms with Gasteiger partial charge in [0.25, 0.3) is 0 Å². The summed E-state index contributed by atoms with van der Waals surface area (Å²) in [5.74, 6) is 0.481. The largest absolute Gasteiger partial charge is 0.392 e. The maximum absolute atomic E-state index is 12.6. The van der Waals surface area contributed by atoms with E-state index in [9.17, 15) is 13.5 Å². The second-order valence-corrected chi connectivity index (χ2v) is 8.03. The number of hydrogen-bond acceptors (Lipinski definition) is 3. The smallest absolute Gasteiger partial charge is 0.240 e. The lowest BCUT2D eigenvalue weighted by atomic mass is 9.93. The molecule has 0 aliphatic heterocycles. The molecule has 1 aromatic carbocycles. The van der Waals surface area contributed by atoms with Gasteiger partial charge in [0.15, 0.2) is 0 Å². The summed E-state index contributed by atoms with van der Waals surface area (Å²) in [6, 6.07) is 5.14. The molecule has 2 N–H and O–H groups in total. The third kappa shape index (κ3) is 3.47. The van der Waals surface area contributed by atoms with Gasteiger partial charge in [0.1, 0.15) is 0 Å². The fourth-order valence-electron chi connectivity index (χ4n) is 2.67. The Labute approximate surface area is 127 Å². The van der Waals surface area contributed by atoms with E-state index < -0.39 is 10.0 Å². The zero-order chi connectivity index (χ0) is 15.7. The molecule has 1 aliphatic rings. The van der Waals surface area contributed by atoms with Gasteiger partial charge < -0.3 is 5.11 Å². The number of benzene rings is 1. The van der Waals surface area contributed by atoms with Gasteiger partial charge in [-0.15, -0.1) is 0 Å². The van der Waals surface area contributed by atoms with Crippen molar-refractivity contribution in [3.05, 3.63) is 29.3 Å². The lowest BCUT2D eigenvalue weighted by Crippen LogP contribution is -2.33. The van der Waals surface area contributed by atoms with Gasteiger partial charge in [-0.2, -0.15) is 0 Å². The van der Waals surface area contributed by atoms with Crippen LogP contribution in [0.25, 0.3) is 0 Å². The number of aryl methyl sites for hydroxylation is 1. The van der Waals surface area contributed by atoms with Crippen molar-refractivity contribution in [1.29, 1.82) is 0 Å². The molecule has 1 saturated carbocycles. The summed E-state index contributed by atoms with van der Waals surface area (Å²) >= 11 is 0. The Bertz CT molecular complexity index is 604. The molecule has 1 fully saturated rings. The first kappa shape index (κ1) is 16.5. The van der Waals surface area contributed by atoms with Crippen LogP contribution in [0.15, 0.2) is 23.1 Å².